The van der Waals surface area contributed by atoms with Crippen molar-refractivity contribution in [3.05, 3.63) is 47.7 Å². The molecule has 0 saturated carbocycles. The summed E-state index contributed by atoms with van der Waals surface area (Å²) in [5, 5.41) is 0. The minimum atomic E-state index is -1.24. The van der Waals surface area contributed by atoms with Crippen LogP contribution in [0.5, 0.6) is 0 Å². The highest BCUT2D eigenvalue weighted by Crippen LogP contribution is 2.42. The van der Waals surface area contributed by atoms with Crippen molar-refractivity contribution in [1.82, 2.24) is 0 Å². The van der Waals surface area contributed by atoms with E-state index in [2.05, 4.69) is 56.1 Å². The van der Waals surface area contributed by atoms with Crippen LogP contribution in [0.2, 0.25) is 25.2 Å². The molecule has 1 aromatic rings. The maximum absolute atomic E-state index is 5.83. The van der Waals surface area contributed by atoms with E-state index in [9.17, 15) is 0 Å². The molecule has 0 heterocycles. The van der Waals surface area contributed by atoms with E-state index < -0.39 is 8.07 Å². The fourth-order valence-electron chi connectivity index (χ4n) is 2.32. The molecule has 0 spiro atoms. The number of allylic oxidation sites excluding steroid dienone is 2. The summed E-state index contributed by atoms with van der Waals surface area (Å²) >= 11 is 0. The molecule has 0 fully saturated rings. The fourth-order valence-corrected chi connectivity index (χ4v) is 4.18. The van der Waals surface area contributed by atoms with Crippen molar-refractivity contribution >= 4 is 19.7 Å². The number of nitrogens with two attached hydrogens (primary N) is 1. The van der Waals surface area contributed by atoms with Crippen LogP contribution in [0.15, 0.2) is 36.5 Å². The van der Waals surface area contributed by atoms with Gasteiger partial charge in [-0.15, -0.1) is 0 Å². The van der Waals surface area contributed by atoms with Crippen molar-refractivity contribution in [2.45, 2.75) is 25.2 Å². The molecule has 1 aliphatic carbocycles. The van der Waals surface area contributed by atoms with Crippen LogP contribution < -0.4 is 5.73 Å². The van der Waals surface area contributed by atoms with Crippen molar-refractivity contribution in [1.29, 1.82) is 0 Å². The van der Waals surface area contributed by atoms with Gasteiger partial charge in [-0.3, -0.25) is 0 Å². The molecule has 0 aromatic heterocycles. The molecule has 0 radical (unpaired) electrons. The molecule has 84 valence electrons. The molecule has 16 heavy (non-hydrogen) atoms. The van der Waals surface area contributed by atoms with E-state index in [0.717, 1.165) is 0 Å². The van der Waals surface area contributed by atoms with Crippen molar-refractivity contribution in [3.8, 4) is 0 Å². The summed E-state index contributed by atoms with van der Waals surface area (Å²) in [6.45, 7) is 7.16. The highest BCUT2D eigenvalue weighted by Gasteiger charge is 2.30. The molecule has 1 atom stereocenters. The lowest BCUT2D eigenvalue weighted by atomic mass is 9.92. The summed E-state index contributed by atoms with van der Waals surface area (Å²) in [4.78, 5) is 0. The molecule has 0 bridgehead atoms. The Bertz CT molecular complexity index is 452. The van der Waals surface area contributed by atoms with Crippen molar-refractivity contribution in [3.63, 3.8) is 0 Å². The van der Waals surface area contributed by atoms with Crippen molar-refractivity contribution in [2.75, 3.05) is 0 Å². The first kappa shape index (κ1) is 11.2. The molecule has 1 aliphatic rings. The third kappa shape index (κ3) is 1.85. The lowest BCUT2D eigenvalue weighted by Gasteiger charge is -2.32. The minimum absolute atomic E-state index is 0.535. The third-order valence-electron chi connectivity index (χ3n) is 3.19. The Morgan fingerprint density at radius 1 is 1.19 bits per heavy atom. The van der Waals surface area contributed by atoms with Crippen LogP contribution in [0.1, 0.15) is 11.1 Å². The lowest BCUT2D eigenvalue weighted by molar-refractivity contribution is 1.24. The van der Waals surface area contributed by atoms with Gasteiger partial charge in [0, 0.05) is 0 Å². The number of fused-ring (bicyclic) bond motifs is 1. The van der Waals surface area contributed by atoms with E-state index in [1.165, 1.54) is 16.7 Å². The predicted molar refractivity (Wildman–Crippen MR) is 74.7 cm³/mol. The van der Waals surface area contributed by atoms with Crippen LogP contribution in [-0.4, -0.2) is 8.07 Å². The normalized spacial score (nSPS) is 22.2. The molecule has 0 saturated heterocycles. The minimum Gasteiger partial charge on any atom is -0.404 e. The first-order valence-corrected chi connectivity index (χ1v) is 9.31. The fraction of sp³-hybridized carbons (Fsp3) is 0.286. The van der Waals surface area contributed by atoms with Crippen LogP contribution in [0.25, 0.3) is 11.6 Å². The average molecular weight is 229 g/mol. The van der Waals surface area contributed by atoms with Crippen molar-refractivity contribution in [2.24, 2.45) is 5.73 Å². The Labute approximate surface area is 98.7 Å². The summed E-state index contributed by atoms with van der Waals surface area (Å²) < 4.78 is 0. The van der Waals surface area contributed by atoms with Gasteiger partial charge in [0.15, 0.2) is 0 Å². The summed E-state index contributed by atoms with van der Waals surface area (Å²) in [7, 11) is -1.24. The Balaban J connectivity index is 2.54. The standard InChI is InChI=1S/C14H19NSi/c1-16(2,3)14-9-8-11-6-4-5-7-12(11)13(14)10-15/h4-10,14H,15H2,1-3H3. The Kier molecular flexibility index (Phi) is 2.76. The van der Waals surface area contributed by atoms with E-state index in [-0.39, 0.29) is 0 Å². The first-order valence-electron chi connectivity index (χ1n) is 5.73. The van der Waals surface area contributed by atoms with Crippen LogP contribution >= 0.6 is 0 Å². The van der Waals surface area contributed by atoms with Gasteiger partial charge < -0.3 is 5.73 Å². The number of rotatable bonds is 1. The van der Waals surface area contributed by atoms with Crippen molar-refractivity contribution < 1.29 is 0 Å². The molecule has 1 unspecified atom stereocenters. The summed E-state index contributed by atoms with van der Waals surface area (Å²) in [6.07, 6.45) is 6.36. The second-order valence-corrected chi connectivity index (χ2v) is 10.8. The van der Waals surface area contributed by atoms with Crippen LogP contribution in [0.4, 0.5) is 0 Å². The van der Waals surface area contributed by atoms with Gasteiger partial charge >= 0.3 is 0 Å². The van der Waals surface area contributed by atoms with Gasteiger partial charge in [-0.1, -0.05) is 56.1 Å². The molecular weight excluding hydrogens is 210 g/mol. The molecule has 2 N–H and O–H groups in total. The SMILES string of the molecule is C[Si](C)(C)C1C=Cc2ccccc2C1=CN. The Hall–Kier alpha value is -1.28. The highest BCUT2D eigenvalue weighted by atomic mass is 28.3. The first-order chi connectivity index (χ1) is 7.54. The molecular formula is C14H19NSi. The van der Waals surface area contributed by atoms with E-state index in [0.29, 0.717) is 5.54 Å². The second kappa shape index (κ2) is 3.94. The summed E-state index contributed by atoms with van der Waals surface area (Å²) in [5.41, 5.74) is 10.3. The maximum atomic E-state index is 5.83. The van der Waals surface area contributed by atoms with Gasteiger partial charge in [-0.25, -0.2) is 0 Å². The number of hydrogen-bond acceptors (Lipinski definition) is 1. The molecule has 1 nitrogen and oxygen atoms in total. The van der Waals surface area contributed by atoms with Gasteiger partial charge in [-0.05, 0) is 28.4 Å². The van der Waals surface area contributed by atoms with E-state index in [1.807, 2.05) is 0 Å². The van der Waals surface area contributed by atoms with Crippen LogP contribution in [-0.2, 0) is 0 Å². The zero-order valence-corrected chi connectivity index (χ0v) is 11.2. The second-order valence-electron chi connectivity index (χ2n) is 5.41. The largest absolute Gasteiger partial charge is 0.404 e. The van der Waals surface area contributed by atoms with Crippen LogP contribution in [0.3, 0.4) is 0 Å². The van der Waals surface area contributed by atoms with Gasteiger partial charge in [0.2, 0.25) is 0 Å². The third-order valence-corrected chi connectivity index (χ3v) is 5.56. The molecule has 2 heteroatoms. The van der Waals surface area contributed by atoms with Gasteiger partial charge in [0.25, 0.3) is 0 Å². The Morgan fingerprint density at radius 2 is 1.88 bits per heavy atom. The van der Waals surface area contributed by atoms with Gasteiger partial charge in [0.05, 0.1) is 8.07 Å². The van der Waals surface area contributed by atoms with E-state index in [4.69, 9.17) is 5.73 Å². The molecule has 1 aromatic carbocycles. The monoisotopic (exact) mass is 229 g/mol. The van der Waals surface area contributed by atoms with E-state index >= 15 is 0 Å². The summed E-state index contributed by atoms with van der Waals surface area (Å²) in [5.74, 6) is 0. The zero-order chi connectivity index (χ0) is 11.8. The van der Waals surface area contributed by atoms with Crippen LogP contribution in [0, 0.1) is 0 Å². The van der Waals surface area contributed by atoms with E-state index in [1.54, 1.807) is 6.20 Å². The van der Waals surface area contributed by atoms with Gasteiger partial charge in [0.1, 0.15) is 0 Å². The van der Waals surface area contributed by atoms with Gasteiger partial charge in [-0.2, -0.15) is 0 Å². The lowest BCUT2D eigenvalue weighted by Crippen LogP contribution is -2.29. The Morgan fingerprint density at radius 3 is 2.50 bits per heavy atom. The molecule has 2 rings (SSSR count). The highest BCUT2D eigenvalue weighted by molar-refractivity contribution is 6.80. The topological polar surface area (TPSA) is 26.0 Å². The predicted octanol–water partition coefficient (Wildman–Crippen LogP) is 3.72. The quantitative estimate of drug-likeness (QED) is 0.730. The molecule has 0 aliphatic heterocycles. The zero-order valence-electron chi connectivity index (χ0n) is 10.2. The maximum Gasteiger partial charge on any atom is 0.0566 e. The average Bonchev–Trinajstić information content (AvgIpc) is 2.26. The smallest absolute Gasteiger partial charge is 0.0566 e. The number of benzene rings is 1. The molecule has 0 amide bonds. The number of hydrogen-bond donors (Lipinski definition) is 1. The summed E-state index contributed by atoms with van der Waals surface area (Å²) in [6, 6.07) is 8.48.